The van der Waals surface area contributed by atoms with Crippen LogP contribution >= 0.6 is 0 Å². The van der Waals surface area contributed by atoms with Crippen LogP contribution in [0.25, 0.3) is 11.0 Å². The largest absolute Gasteiger partial charge is 0.391 e. The molecular weight excluding hydrogens is 228 g/mol. The summed E-state index contributed by atoms with van der Waals surface area (Å²) in [7, 11) is 0. The number of nitrogens with zero attached hydrogens (tertiary/aromatic N) is 2. The van der Waals surface area contributed by atoms with Crippen molar-refractivity contribution in [3.8, 4) is 0 Å². The Kier molecular flexibility index (Phi) is 2.67. The molecule has 3 rings (SSSR count). The van der Waals surface area contributed by atoms with Crippen LogP contribution in [0.3, 0.4) is 0 Å². The third-order valence-corrected chi connectivity index (χ3v) is 3.55. The van der Waals surface area contributed by atoms with E-state index in [0.29, 0.717) is 18.2 Å². The molecule has 1 aliphatic rings. The standard InChI is InChI=1S/C14H16N2O2/c1-9-14(18)16(8-13(17)10-6-7-10)12-5-3-2-4-11(12)15-9/h2-5,10,13,17H,6-8H2,1H3. The predicted octanol–water partition coefficient (Wildman–Crippen LogP) is 1.48. The van der Waals surface area contributed by atoms with Crippen LogP contribution in [0.4, 0.5) is 0 Å². The molecular formula is C14H16N2O2. The van der Waals surface area contributed by atoms with Gasteiger partial charge in [0.05, 0.1) is 23.7 Å². The zero-order valence-electron chi connectivity index (χ0n) is 10.3. The zero-order chi connectivity index (χ0) is 12.7. The number of aryl methyl sites for hydroxylation is 1. The SMILES string of the molecule is Cc1nc2ccccc2n(CC(O)C2CC2)c1=O. The maximum absolute atomic E-state index is 12.2. The Hall–Kier alpha value is -1.68. The lowest BCUT2D eigenvalue weighted by atomic mass is 10.2. The van der Waals surface area contributed by atoms with E-state index in [1.54, 1.807) is 11.5 Å². The Labute approximate surface area is 105 Å². The quantitative estimate of drug-likeness (QED) is 0.889. The second-order valence-electron chi connectivity index (χ2n) is 5.01. The summed E-state index contributed by atoms with van der Waals surface area (Å²) < 4.78 is 1.65. The first-order chi connectivity index (χ1) is 8.66. The van der Waals surface area contributed by atoms with Crippen molar-refractivity contribution in [1.82, 2.24) is 9.55 Å². The highest BCUT2D eigenvalue weighted by molar-refractivity contribution is 5.74. The highest BCUT2D eigenvalue weighted by Gasteiger charge is 2.30. The molecule has 1 aromatic carbocycles. The summed E-state index contributed by atoms with van der Waals surface area (Å²) in [6.07, 6.45) is 1.71. The first-order valence-electron chi connectivity index (χ1n) is 6.31. The van der Waals surface area contributed by atoms with Gasteiger partial charge in [0, 0.05) is 0 Å². The van der Waals surface area contributed by atoms with E-state index < -0.39 is 6.10 Å². The van der Waals surface area contributed by atoms with Gasteiger partial charge in [-0.15, -0.1) is 0 Å². The number of hydrogen-bond donors (Lipinski definition) is 1. The number of aliphatic hydroxyl groups is 1. The van der Waals surface area contributed by atoms with Crippen molar-refractivity contribution in [1.29, 1.82) is 0 Å². The molecule has 1 fully saturated rings. The Bertz CT molecular complexity index is 644. The number of hydrogen-bond acceptors (Lipinski definition) is 3. The van der Waals surface area contributed by atoms with Crippen LogP contribution in [0.15, 0.2) is 29.1 Å². The normalized spacial score (nSPS) is 17.0. The van der Waals surface area contributed by atoms with Gasteiger partial charge < -0.3 is 9.67 Å². The van der Waals surface area contributed by atoms with Crippen molar-refractivity contribution < 1.29 is 5.11 Å². The van der Waals surface area contributed by atoms with Gasteiger partial charge in [-0.2, -0.15) is 0 Å². The fraction of sp³-hybridized carbons (Fsp3) is 0.429. The second kappa shape index (κ2) is 4.21. The van der Waals surface area contributed by atoms with Gasteiger partial charge in [-0.1, -0.05) is 12.1 Å². The molecule has 0 aliphatic heterocycles. The fourth-order valence-electron chi connectivity index (χ4n) is 2.32. The highest BCUT2D eigenvalue weighted by atomic mass is 16.3. The molecule has 1 saturated carbocycles. The summed E-state index contributed by atoms with van der Waals surface area (Å²) in [5.74, 6) is 0.365. The molecule has 2 aromatic rings. The summed E-state index contributed by atoms with van der Waals surface area (Å²) in [6, 6.07) is 7.56. The molecule has 1 aromatic heterocycles. The first-order valence-corrected chi connectivity index (χ1v) is 6.31. The number of benzene rings is 1. The van der Waals surface area contributed by atoms with Gasteiger partial charge in [0.1, 0.15) is 5.69 Å². The molecule has 94 valence electrons. The van der Waals surface area contributed by atoms with Crippen molar-refractivity contribution in [3.63, 3.8) is 0 Å². The van der Waals surface area contributed by atoms with E-state index in [4.69, 9.17) is 0 Å². The van der Waals surface area contributed by atoms with E-state index in [0.717, 1.165) is 23.9 Å². The molecule has 1 heterocycles. The van der Waals surface area contributed by atoms with Crippen LogP contribution in [-0.4, -0.2) is 20.8 Å². The average Bonchev–Trinajstić information content (AvgIpc) is 3.19. The Morgan fingerprint density at radius 1 is 1.44 bits per heavy atom. The predicted molar refractivity (Wildman–Crippen MR) is 69.5 cm³/mol. The summed E-state index contributed by atoms with van der Waals surface area (Å²) in [5, 5.41) is 10.0. The molecule has 0 saturated heterocycles. The minimum Gasteiger partial charge on any atom is -0.391 e. The molecule has 1 unspecified atom stereocenters. The second-order valence-corrected chi connectivity index (χ2v) is 5.01. The molecule has 1 atom stereocenters. The Morgan fingerprint density at radius 3 is 2.89 bits per heavy atom. The van der Waals surface area contributed by atoms with E-state index >= 15 is 0 Å². The third-order valence-electron chi connectivity index (χ3n) is 3.55. The van der Waals surface area contributed by atoms with Gasteiger partial charge in [-0.3, -0.25) is 4.79 Å². The van der Waals surface area contributed by atoms with Gasteiger partial charge in [-0.25, -0.2) is 4.98 Å². The summed E-state index contributed by atoms with van der Waals surface area (Å²) in [5.41, 5.74) is 1.98. The number of rotatable bonds is 3. The van der Waals surface area contributed by atoms with E-state index in [1.165, 1.54) is 0 Å². The van der Waals surface area contributed by atoms with Crippen molar-refractivity contribution in [2.24, 2.45) is 5.92 Å². The van der Waals surface area contributed by atoms with Crippen molar-refractivity contribution >= 4 is 11.0 Å². The van der Waals surface area contributed by atoms with Crippen molar-refractivity contribution in [3.05, 3.63) is 40.3 Å². The van der Waals surface area contributed by atoms with Crippen LogP contribution in [0.1, 0.15) is 18.5 Å². The van der Waals surface area contributed by atoms with E-state index in [2.05, 4.69) is 4.98 Å². The van der Waals surface area contributed by atoms with E-state index in [9.17, 15) is 9.90 Å². The summed E-state index contributed by atoms with van der Waals surface area (Å²) in [6.45, 7) is 2.09. The maximum atomic E-state index is 12.2. The molecule has 4 nitrogen and oxygen atoms in total. The number of aliphatic hydroxyl groups excluding tert-OH is 1. The molecule has 1 N–H and O–H groups in total. The Balaban J connectivity index is 2.12. The smallest absolute Gasteiger partial charge is 0.272 e. The molecule has 0 spiro atoms. The number of aromatic nitrogens is 2. The minimum absolute atomic E-state index is 0.103. The van der Waals surface area contributed by atoms with Crippen molar-refractivity contribution in [2.75, 3.05) is 0 Å². The third kappa shape index (κ3) is 1.93. The monoisotopic (exact) mass is 244 g/mol. The van der Waals surface area contributed by atoms with Crippen LogP contribution in [0.5, 0.6) is 0 Å². The molecule has 0 amide bonds. The van der Waals surface area contributed by atoms with Gasteiger partial charge in [-0.05, 0) is 37.8 Å². The van der Waals surface area contributed by atoms with Gasteiger partial charge in [0.2, 0.25) is 0 Å². The van der Waals surface area contributed by atoms with Gasteiger partial charge in [0.25, 0.3) is 5.56 Å². The van der Waals surface area contributed by atoms with E-state index in [1.807, 2.05) is 24.3 Å². The lowest BCUT2D eigenvalue weighted by Gasteiger charge is -2.14. The van der Waals surface area contributed by atoms with Crippen molar-refractivity contribution in [2.45, 2.75) is 32.4 Å². The van der Waals surface area contributed by atoms with E-state index in [-0.39, 0.29) is 5.56 Å². The lowest BCUT2D eigenvalue weighted by Crippen LogP contribution is -2.30. The molecule has 0 bridgehead atoms. The topological polar surface area (TPSA) is 55.1 Å². The van der Waals surface area contributed by atoms with Gasteiger partial charge >= 0.3 is 0 Å². The fourth-order valence-corrected chi connectivity index (χ4v) is 2.32. The van der Waals surface area contributed by atoms with Crippen LogP contribution in [-0.2, 0) is 6.54 Å². The first kappa shape index (κ1) is 11.4. The highest BCUT2D eigenvalue weighted by Crippen LogP contribution is 2.33. The van der Waals surface area contributed by atoms with Gasteiger partial charge in [0.15, 0.2) is 0 Å². The molecule has 1 aliphatic carbocycles. The molecule has 18 heavy (non-hydrogen) atoms. The zero-order valence-corrected chi connectivity index (χ0v) is 10.3. The number of fused-ring (bicyclic) bond motifs is 1. The summed E-state index contributed by atoms with van der Waals surface area (Å²) in [4.78, 5) is 16.4. The average molecular weight is 244 g/mol. The molecule has 0 radical (unpaired) electrons. The van der Waals surface area contributed by atoms with Crippen LogP contribution in [0.2, 0.25) is 0 Å². The maximum Gasteiger partial charge on any atom is 0.272 e. The minimum atomic E-state index is -0.423. The Morgan fingerprint density at radius 2 is 2.17 bits per heavy atom. The van der Waals surface area contributed by atoms with Crippen LogP contribution < -0.4 is 5.56 Å². The van der Waals surface area contributed by atoms with Crippen LogP contribution in [0, 0.1) is 12.8 Å². The number of para-hydroxylation sites is 2. The molecule has 4 heteroatoms. The summed E-state index contributed by atoms with van der Waals surface area (Å²) >= 11 is 0. The lowest BCUT2D eigenvalue weighted by molar-refractivity contribution is 0.131.